The zero-order valence-electron chi connectivity index (χ0n) is 17.3. The first kappa shape index (κ1) is 21.1. The molecule has 4 rings (SSSR count). The number of alkyl halides is 3. The van der Waals surface area contributed by atoms with E-state index >= 15 is 0 Å². The molecule has 0 radical (unpaired) electrons. The quantitative estimate of drug-likeness (QED) is 0.748. The second kappa shape index (κ2) is 8.17. The van der Waals surface area contributed by atoms with Crippen LogP contribution in [-0.4, -0.2) is 51.7 Å². The molecule has 30 heavy (non-hydrogen) atoms. The van der Waals surface area contributed by atoms with E-state index in [1.165, 1.54) is 0 Å². The van der Waals surface area contributed by atoms with Crippen LogP contribution in [-0.2, 0) is 15.7 Å². The molecule has 164 valence electrons. The van der Waals surface area contributed by atoms with Gasteiger partial charge in [-0.1, -0.05) is 0 Å². The summed E-state index contributed by atoms with van der Waals surface area (Å²) >= 11 is 0. The predicted molar refractivity (Wildman–Crippen MR) is 104 cm³/mol. The largest absolute Gasteiger partial charge is 0.433 e. The summed E-state index contributed by atoms with van der Waals surface area (Å²) in [6.45, 7) is 2.73. The van der Waals surface area contributed by atoms with Gasteiger partial charge in [0.05, 0.1) is 11.8 Å². The van der Waals surface area contributed by atoms with Crippen molar-refractivity contribution < 1.29 is 22.7 Å². The lowest BCUT2D eigenvalue weighted by Crippen LogP contribution is -2.43. The van der Waals surface area contributed by atoms with Crippen LogP contribution in [0.25, 0.3) is 5.65 Å². The van der Waals surface area contributed by atoms with Gasteiger partial charge in [-0.05, 0) is 51.5 Å². The Bertz CT molecular complexity index is 919. The normalized spacial score (nSPS) is 25.6. The van der Waals surface area contributed by atoms with E-state index in [4.69, 9.17) is 4.74 Å². The minimum Gasteiger partial charge on any atom is -0.381 e. The van der Waals surface area contributed by atoms with Gasteiger partial charge in [0.25, 0.3) is 0 Å². The van der Waals surface area contributed by atoms with Crippen molar-refractivity contribution >= 4 is 11.6 Å². The molecule has 0 aromatic carbocycles. The van der Waals surface area contributed by atoms with E-state index in [-0.39, 0.29) is 29.5 Å². The Morgan fingerprint density at radius 1 is 1.17 bits per heavy atom. The van der Waals surface area contributed by atoms with Crippen molar-refractivity contribution in [2.45, 2.75) is 63.6 Å². The number of nitrogens with zero attached hydrogens (tertiary/aromatic N) is 4. The van der Waals surface area contributed by atoms with E-state index in [0.29, 0.717) is 24.5 Å². The van der Waals surface area contributed by atoms with Gasteiger partial charge in [0.1, 0.15) is 5.69 Å². The topological polar surface area (TPSA) is 59.7 Å². The number of likely N-dealkylation sites (tertiary alicyclic amines) is 1. The molecule has 1 aliphatic heterocycles. The summed E-state index contributed by atoms with van der Waals surface area (Å²) in [4.78, 5) is 19.1. The van der Waals surface area contributed by atoms with Crippen LogP contribution in [0.5, 0.6) is 0 Å². The van der Waals surface area contributed by atoms with Crippen molar-refractivity contribution in [2.24, 2.45) is 5.92 Å². The average molecular weight is 424 g/mol. The summed E-state index contributed by atoms with van der Waals surface area (Å²) in [5.74, 6) is 0.0847. The molecule has 9 heteroatoms. The Labute approximate surface area is 173 Å². The molecule has 1 unspecified atom stereocenters. The number of methoxy groups -OCH3 is 1. The van der Waals surface area contributed by atoms with Crippen LogP contribution < -0.4 is 0 Å². The highest BCUT2D eigenvalue weighted by atomic mass is 19.4. The number of ether oxygens (including phenoxy) is 1. The van der Waals surface area contributed by atoms with Crippen LogP contribution in [0, 0.1) is 12.8 Å². The third-order valence-electron chi connectivity index (χ3n) is 6.37. The molecule has 3 heterocycles. The van der Waals surface area contributed by atoms with Gasteiger partial charge in [-0.25, -0.2) is 9.50 Å². The van der Waals surface area contributed by atoms with Crippen LogP contribution in [0.3, 0.4) is 0 Å². The van der Waals surface area contributed by atoms with Crippen LogP contribution in [0.15, 0.2) is 12.1 Å². The molecule has 6 nitrogen and oxygen atoms in total. The maximum atomic E-state index is 13.4. The van der Waals surface area contributed by atoms with Gasteiger partial charge < -0.3 is 9.64 Å². The summed E-state index contributed by atoms with van der Waals surface area (Å²) < 4.78 is 46.6. The number of rotatable bonds is 3. The lowest BCUT2D eigenvalue weighted by atomic mass is 9.85. The Balaban J connectivity index is 1.52. The maximum absolute atomic E-state index is 13.4. The molecule has 1 amide bonds. The fourth-order valence-electron chi connectivity index (χ4n) is 4.74. The highest BCUT2D eigenvalue weighted by Crippen LogP contribution is 2.34. The van der Waals surface area contributed by atoms with E-state index < -0.39 is 11.9 Å². The summed E-state index contributed by atoms with van der Waals surface area (Å²) in [6, 6.07) is 2.64. The monoisotopic (exact) mass is 424 g/mol. The lowest BCUT2D eigenvalue weighted by Gasteiger charge is -2.36. The number of aromatic nitrogens is 3. The molecule has 1 aliphatic carbocycles. The Hall–Kier alpha value is -2.16. The first-order chi connectivity index (χ1) is 14.3. The van der Waals surface area contributed by atoms with Gasteiger partial charge in [0.15, 0.2) is 5.65 Å². The average Bonchev–Trinajstić information content (AvgIpc) is 3.16. The van der Waals surface area contributed by atoms with Crippen LogP contribution >= 0.6 is 0 Å². The molecule has 0 spiro atoms. The van der Waals surface area contributed by atoms with Gasteiger partial charge in [0, 0.05) is 43.8 Å². The molecule has 2 aromatic heterocycles. The number of amides is 1. The van der Waals surface area contributed by atoms with E-state index in [1.54, 1.807) is 20.1 Å². The number of hydrogen-bond acceptors (Lipinski definition) is 4. The second-order valence-electron chi connectivity index (χ2n) is 8.45. The van der Waals surface area contributed by atoms with Crippen molar-refractivity contribution in [3.63, 3.8) is 0 Å². The van der Waals surface area contributed by atoms with Crippen molar-refractivity contribution in [1.29, 1.82) is 0 Å². The molecule has 2 aromatic rings. The molecule has 0 bridgehead atoms. The van der Waals surface area contributed by atoms with Gasteiger partial charge in [0.2, 0.25) is 5.91 Å². The fraction of sp³-hybridized carbons (Fsp3) is 0.667. The Kier molecular flexibility index (Phi) is 5.74. The Morgan fingerprint density at radius 2 is 1.90 bits per heavy atom. The zero-order chi connectivity index (χ0) is 21.5. The second-order valence-corrected chi connectivity index (χ2v) is 8.45. The Morgan fingerprint density at radius 3 is 2.57 bits per heavy atom. The molecule has 1 saturated heterocycles. The summed E-state index contributed by atoms with van der Waals surface area (Å²) in [7, 11) is 1.71. The summed E-state index contributed by atoms with van der Waals surface area (Å²) in [5, 5.41) is 4.25. The third-order valence-corrected chi connectivity index (χ3v) is 6.37. The minimum atomic E-state index is -4.51. The van der Waals surface area contributed by atoms with Gasteiger partial charge in [-0.3, -0.25) is 4.79 Å². The molecule has 1 saturated carbocycles. The molecule has 2 aliphatic rings. The molecular weight excluding hydrogens is 397 g/mol. The first-order valence-corrected chi connectivity index (χ1v) is 10.5. The van der Waals surface area contributed by atoms with Gasteiger partial charge >= 0.3 is 6.18 Å². The fourth-order valence-corrected chi connectivity index (χ4v) is 4.74. The van der Waals surface area contributed by atoms with E-state index in [2.05, 4.69) is 10.1 Å². The van der Waals surface area contributed by atoms with Crippen molar-refractivity contribution in [3.05, 3.63) is 29.2 Å². The standard InChI is InChI=1S/C21H27F3N4O2/c1-13-10-18(21(22,23)24)28-19(25-13)11-17(26-28)15-4-3-9-27(12-15)20(29)14-5-7-16(30-2)8-6-14/h10-11,14-16H,3-9,12H2,1-2H3. The number of hydrogen-bond donors (Lipinski definition) is 0. The number of carbonyl (C=O) groups is 1. The van der Waals surface area contributed by atoms with Crippen molar-refractivity contribution in [2.75, 3.05) is 20.2 Å². The van der Waals surface area contributed by atoms with Crippen LogP contribution in [0.1, 0.15) is 61.5 Å². The van der Waals surface area contributed by atoms with Crippen molar-refractivity contribution in [3.8, 4) is 0 Å². The smallest absolute Gasteiger partial charge is 0.381 e. The van der Waals surface area contributed by atoms with E-state index in [9.17, 15) is 18.0 Å². The lowest BCUT2D eigenvalue weighted by molar-refractivity contribution is -0.142. The zero-order valence-corrected chi connectivity index (χ0v) is 17.3. The van der Waals surface area contributed by atoms with E-state index in [0.717, 1.165) is 49.1 Å². The van der Waals surface area contributed by atoms with E-state index in [1.807, 2.05) is 4.90 Å². The highest BCUT2D eigenvalue weighted by Gasteiger charge is 2.36. The number of aryl methyl sites for hydroxylation is 1. The van der Waals surface area contributed by atoms with Gasteiger partial charge in [-0.15, -0.1) is 0 Å². The molecular formula is C21H27F3N4O2. The number of piperidine rings is 1. The molecule has 1 atom stereocenters. The maximum Gasteiger partial charge on any atom is 0.433 e. The molecule has 0 N–H and O–H groups in total. The SMILES string of the molecule is COC1CCC(C(=O)N2CCCC(c3cc4nc(C)cc(C(F)(F)F)n4n3)C2)CC1. The van der Waals surface area contributed by atoms with Crippen LogP contribution in [0.4, 0.5) is 13.2 Å². The predicted octanol–water partition coefficient (Wildman–Crippen LogP) is 3.97. The number of carbonyl (C=O) groups excluding carboxylic acids is 1. The number of halogens is 3. The van der Waals surface area contributed by atoms with Crippen molar-refractivity contribution in [1.82, 2.24) is 19.5 Å². The summed E-state index contributed by atoms with van der Waals surface area (Å²) in [6.07, 6.45) is 0.769. The third kappa shape index (κ3) is 4.17. The molecule has 2 fully saturated rings. The van der Waals surface area contributed by atoms with Crippen LogP contribution in [0.2, 0.25) is 0 Å². The van der Waals surface area contributed by atoms with Gasteiger partial charge in [-0.2, -0.15) is 18.3 Å². The number of fused-ring (bicyclic) bond motifs is 1. The summed E-state index contributed by atoms with van der Waals surface area (Å²) in [5.41, 5.74) is 0.237. The first-order valence-electron chi connectivity index (χ1n) is 10.5. The highest BCUT2D eigenvalue weighted by molar-refractivity contribution is 5.79. The minimum absolute atomic E-state index is 0.0115.